The minimum Gasteiger partial charge on any atom is -0.494 e. The van der Waals surface area contributed by atoms with Crippen LogP contribution >= 0.6 is 11.3 Å². The van der Waals surface area contributed by atoms with Crippen molar-refractivity contribution in [1.82, 2.24) is 0 Å². The molecule has 1 N–H and O–H groups in total. The predicted molar refractivity (Wildman–Crippen MR) is 78.8 cm³/mol. The third-order valence-corrected chi connectivity index (χ3v) is 4.43. The highest BCUT2D eigenvalue weighted by Crippen LogP contribution is 2.34. The molecule has 21 heavy (non-hydrogen) atoms. The number of thiophene rings is 1. The molecule has 3 aromatic rings. The lowest BCUT2D eigenvalue weighted by Gasteiger charge is -2.10. The van der Waals surface area contributed by atoms with Crippen molar-refractivity contribution in [1.29, 1.82) is 0 Å². The summed E-state index contributed by atoms with van der Waals surface area (Å²) in [7, 11) is 1.38. The van der Waals surface area contributed by atoms with Crippen LogP contribution in [0.5, 0.6) is 5.75 Å². The van der Waals surface area contributed by atoms with Crippen LogP contribution in [0.25, 0.3) is 10.1 Å². The highest BCUT2D eigenvalue weighted by atomic mass is 32.1. The summed E-state index contributed by atoms with van der Waals surface area (Å²) in [5, 5.41) is 11.1. The van der Waals surface area contributed by atoms with Crippen LogP contribution in [-0.2, 0) is 0 Å². The van der Waals surface area contributed by atoms with Crippen LogP contribution in [0.3, 0.4) is 0 Å². The SMILES string of the molecule is COc1ccc(C(O)c2cc3cc(F)ccc3s2)cc1F. The summed E-state index contributed by atoms with van der Waals surface area (Å²) in [5.41, 5.74) is 0.431. The Morgan fingerprint density at radius 3 is 2.62 bits per heavy atom. The van der Waals surface area contributed by atoms with Crippen molar-refractivity contribution in [2.45, 2.75) is 6.10 Å². The van der Waals surface area contributed by atoms with Crippen LogP contribution in [0.2, 0.25) is 0 Å². The van der Waals surface area contributed by atoms with E-state index in [1.807, 2.05) is 0 Å². The fraction of sp³-hybridized carbons (Fsp3) is 0.125. The molecular weight excluding hydrogens is 294 g/mol. The zero-order chi connectivity index (χ0) is 15.0. The Hall–Kier alpha value is -1.98. The number of benzene rings is 2. The lowest BCUT2D eigenvalue weighted by molar-refractivity contribution is 0.223. The molecule has 0 aliphatic rings. The first-order valence-electron chi connectivity index (χ1n) is 6.29. The largest absolute Gasteiger partial charge is 0.494 e. The van der Waals surface area contributed by atoms with Gasteiger partial charge in [-0.3, -0.25) is 0 Å². The summed E-state index contributed by atoms with van der Waals surface area (Å²) in [5.74, 6) is -0.720. The average molecular weight is 306 g/mol. The van der Waals surface area contributed by atoms with Gasteiger partial charge in [0.15, 0.2) is 11.6 Å². The van der Waals surface area contributed by atoms with E-state index < -0.39 is 11.9 Å². The zero-order valence-electron chi connectivity index (χ0n) is 11.1. The quantitative estimate of drug-likeness (QED) is 0.783. The van der Waals surface area contributed by atoms with E-state index in [1.54, 1.807) is 18.2 Å². The number of methoxy groups -OCH3 is 1. The van der Waals surface area contributed by atoms with Gasteiger partial charge in [-0.2, -0.15) is 0 Å². The molecule has 0 aliphatic heterocycles. The van der Waals surface area contributed by atoms with Crippen molar-refractivity contribution in [3.63, 3.8) is 0 Å². The van der Waals surface area contributed by atoms with Gasteiger partial charge in [-0.25, -0.2) is 8.78 Å². The van der Waals surface area contributed by atoms with Crippen LogP contribution in [0.1, 0.15) is 16.5 Å². The third kappa shape index (κ3) is 2.62. The lowest BCUT2D eigenvalue weighted by atomic mass is 10.1. The van der Waals surface area contributed by atoms with Crippen molar-refractivity contribution >= 4 is 21.4 Å². The smallest absolute Gasteiger partial charge is 0.165 e. The molecule has 5 heteroatoms. The van der Waals surface area contributed by atoms with E-state index in [0.717, 1.165) is 10.1 Å². The Morgan fingerprint density at radius 2 is 1.90 bits per heavy atom. The molecule has 2 nitrogen and oxygen atoms in total. The molecule has 0 radical (unpaired) electrons. The number of rotatable bonds is 3. The second kappa shape index (κ2) is 5.42. The Balaban J connectivity index is 1.99. The van der Waals surface area contributed by atoms with Gasteiger partial charge in [-0.15, -0.1) is 11.3 Å². The highest BCUT2D eigenvalue weighted by Gasteiger charge is 2.16. The summed E-state index contributed by atoms with van der Waals surface area (Å²) in [6, 6.07) is 10.5. The van der Waals surface area contributed by atoms with Crippen LogP contribution in [0, 0.1) is 11.6 Å². The predicted octanol–water partition coefficient (Wildman–Crippen LogP) is 4.27. The van der Waals surface area contributed by atoms with Gasteiger partial charge >= 0.3 is 0 Å². The number of halogens is 2. The summed E-state index contributed by atoms with van der Waals surface area (Å²) in [6.07, 6.45) is -0.953. The minimum absolute atomic E-state index is 0.129. The molecule has 1 unspecified atom stereocenters. The van der Waals surface area contributed by atoms with Crippen molar-refractivity contribution < 1.29 is 18.6 Å². The number of fused-ring (bicyclic) bond motifs is 1. The molecule has 1 aromatic heterocycles. The summed E-state index contributed by atoms with van der Waals surface area (Å²) in [6.45, 7) is 0. The maximum absolute atomic E-state index is 13.7. The number of hydrogen-bond acceptors (Lipinski definition) is 3. The van der Waals surface area contributed by atoms with E-state index in [9.17, 15) is 13.9 Å². The van der Waals surface area contributed by atoms with Crippen molar-refractivity contribution in [2.75, 3.05) is 7.11 Å². The van der Waals surface area contributed by atoms with Crippen molar-refractivity contribution in [3.05, 3.63) is 64.5 Å². The zero-order valence-corrected chi connectivity index (χ0v) is 12.0. The Morgan fingerprint density at radius 1 is 1.10 bits per heavy atom. The molecule has 0 saturated heterocycles. The maximum Gasteiger partial charge on any atom is 0.165 e. The van der Waals surface area contributed by atoms with Crippen LogP contribution in [0.15, 0.2) is 42.5 Å². The number of hydrogen-bond donors (Lipinski definition) is 1. The highest BCUT2D eigenvalue weighted by molar-refractivity contribution is 7.19. The van der Waals surface area contributed by atoms with E-state index in [1.165, 1.54) is 42.7 Å². The van der Waals surface area contributed by atoms with Gasteiger partial charge in [0.25, 0.3) is 0 Å². The minimum atomic E-state index is -0.953. The average Bonchev–Trinajstić information content (AvgIpc) is 2.89. The van der Waals surface area contributed by atoms with Gasteiger partial charge in [0.2, 0.25) is 0 Å². The molecule has 0 aliphatic carbocycles. The van der Waals surface area contributed by atoms with E-state index in [4.69, 9.17) is 4.74 Å². The Kier molecular flexibility index (Phi) is 3.61. The first-order valence-corrected chi connectivity index (χ1v) is 7.10. The van der Waals surface area contributed by atoms with E-state index >= 15 is 0 Å². The number of aliphatic hydroxyl groups is 1. The molecule has 3 rings (SSSR count). The van der Waals surface area contributed by atoms with E-state index in [0.29, 0.717) is 10.4 Å². The summed E-state index contributed by atoms with van der Waals surface area (Å²) < 4.78 is 32.6. The summed E-state index contributed by atoms with van der Waals surface area (Å²) >= 11 is 1.35. The monoisotopic (exact) mass is 306 g/mol. The molecule has 0 fully saturated rings. The molecular formula is C16H12F2O2S. The molecule has 1 atom stereocenters. The maximum atomic E-state index is 13.7. The lowest BCUT2D eigenvalue weighted by Crippen LogP contribution is -1.98. The molecule has 108 valence electrons. The van der Waals surface area contributed by atoms with E-state index in [2.05, 4.69) is 0 Å². The fourth-order valence-electron chi connectivity index (χ4n) is 2.19. The standard InChI is InChI=1S/C16H12F2O2S/c1-20-13-4-2-9(7-12(13)18)16(19)15-8-10-6-11(17)3-5-14(10)21-15/h2-8,16,19H,1H3. The van der Waals surface area contributed by atoms with Crippen molar-refractivity contribution in [3.8, 4) is 5.75 Å². The number of aliphatic hydroxyl groups excluding tert-OH is 1. The van der Waals surface area contributed by atoms with Gasteiger partial charge in [0.05, 0.1) is 7.11 Å². The normalized spacial score (nSPS) is 12.6. The van der Waals surface area contributed by atoms with Gasteiger partial charge < -0.3 is 9.84 Å². The van der Waals surface area contributed by atoms with Crippen molar-refractivity contribution in [2.24, 2.45) is 0 Å². The Bertz CT molecular complexity index is 798. The topological polar surface area (TPSA) is 29.5 Å². The van der Waals surface area contributed by atoms with Gasteiger partial charge in [0.1, 0.15) is 11.9 Å². The molecule has 0 spiro atoms. The van der Waals surface area contributed by atoms with E-state index in [-0.39, 0.29) is 11.6 Å². The Labute approximate surface area is 124 Å². The second-order valence-electron chi connectivity index (χ2n) is 4.63. The van der Waals surface area contributed by atoms with Crippen LogP contribution in [-0.4, -0.2) is 12.2 Å². The fourth-order valence-corrected chi connectivity index (χ4v) is 3.25. The van der Waals surface area contributed by atoms with Crippen LogP contribution < -0.4 is 4.74 Å². The van der Waals surface area contributed by atoms with Gasteiger partial charge in [-0.05, 0) is 47.3 Å². The summed E-state index contributed by atoms with van der Waals surface area (Å²) in [4.78, 5) is 0.639. The van der Waals surface area contributed by atoms with Crippen LogP contribution in [0.4, 0.5) is 8.78 Å². The van der Waals surface area contributed by atoms with Gasteiger partial charge in [0, 0.05) is 9.58 Å². The third-order valence-electron chi connectivity index (χ3n) is 3.26. The molecule has 0 saturated carbocycles. The number of ether oxygens (including phenoxy) is 1. The molecule has 2 aromatic carbocycles. The molecule has 0 bridgehead atoms. The first-order chi connectivity index (χ1) is 10.1. The first kappa shape index (κ1) is 14.0. The van der Waals surface area contributed by atoms with Gasteiger partial charge in [-0.1, -0.05) is 6.07 Å². The molecule has 0 amide bonds. The molecule has 1 heterocycles. The second-order valence-corrected chi connectivity index (χ2v) is 5.74.